The molecule has 0 amide bonds. The van der Waals surface area contributed by atoms with Crippen LogP contribution in [0.2, 0.25) is 0 Å². The van der Waals surface area contributed by atoms with Gasteiger partial charge in [0.2, 0.25) is 0 Å². The van der Waals surface area contributed by atoms with E-state index in [-0.39, 0.29) is 16.5 Å². The first-order valence-corrected chi connectivity index (χ1v) is 12.4. The van der Waals surface area contributed by atoms with E-state index in [1.165, 1.54) is 18.3 Å². The minimum absolute atomic E-state index is 0.0419. The van der Waals surface area contributed by atoms with Crippen molar-refractivity contribution in [3.05, 3.63) is 58.5 Å². The molecular weight excluding hydrogens is 447 g/mol. The molecule has 1 unspecified atom stereocenters. The van der Waals surface area contributed by atoms with Gasteiger partial charge in [0.1, 0.15) is 19.0 Å². The second-order valence-electron chi connectivity index (χ2n) is 10.6. The van der Waals surface area contributed by atoms with Crippen LogP contribution in [0.15, 0.2) is 41.5 Å². The van der Waals surface area contributed by atoms with E-state index in [9.17, 15) is 9.18 Å². The van der Waals surface area contributed by atoms with Crippen LogP contribution in [0.5, 0.6) is 11.5 Å². The normalized spacial score (nSPS) is 20.8. The molecule has 0 aromatic carbocycles. The number of piperidine rings is 1. The van der Waals surface area contributed by atoms with Crippen LogP contribution in [0.3, 0.4) is 0 Å². The zero-order valence-electron chi connectivity index (χ0n) is 20.7. The van der Waals surface area contributed by atoms with Gasteiger partial charge in [-0.15, -0.1) is 0 Å². The molecule has 1 saturated heterocycles. The molecule has 5 rings (SSSR count). The molecule has 0 saturated carbocycles. The van der Waals surface area contributed by atoms with Crippen LogP contribution in [0, 0.1) is 11.2 Å². The summed E-state index contributed by atoms with van der Waals surface area (Å²) in [6.07, 6.45) is 7.01. The third kappa shape index (κ3) is 4.51. The average Bonchev–Trinajstić information content (AvgIpc) is 2.83. The van der Waals surface area contributed by atoms with E-state index in [1.54, 1.807) is 16.8 Å². The molecule has 8 heteroatoms. The number of aromatic nitrogens is 3. The molecule has 0 spiro atoms. The molecule has 3 aromatic heterocycles. The van der Waals surface area contributed by atoms with Crippen LogP contribution in [0.4, 0.5) is 4.39 Å². The first-order chi connectivity index (χ1) is 16.8. The van der Waals surface area contributed by atoms with Crippen molar-refractivity contribution in [1.29, 1.82) is 0 Å². The number of hydrogen-bond acceptors (Lipinski definition) is 6. The van der Waals surface area contributed by atoms with E-state index in [1.807, 2.05) is 6.07 Å². The van der Waals surface area contributed by atoms with Gasteiger partial charge in [-0.1, -0.05) is 27.2 Å². The highest BCUT2D eigenvalue weighted by Gasteiger charge is 2.48. The van der Waals surface area contributed by atoms with Gasteiger partial charge in [0.15, 0.2) is 11.5 Å². The molecule has 186 valence electrons. The van der Waals surface area contributed by atoms with Gasteiger partial charge in [-0.3, -0.25) is 19.7 Å². The van der Waals surface area contributed by atoms with Crippen LogP contribution >= 0.6 is 0 Å². The zero-order valence-corrected chi connectivity index (χ0v) is 20.7. The summed E-state index contributed by atoms with van der Waals surface area (Å²) in [5.74, 6) is 1.01. The average molecular weight is 481 g/mol. The van der Waals surface area contributed by atoms with Crippen molar-refractivity contribution in [3.63, 3.8) is 0 Å². The van der Waals surface area contributed by atoms with Gasteiger partial charge in [-0.25, -0.2) is 4.39 Å². The second kappa shape index (κ2) is 9.22. The molecule has 3 aromatic rings. The molecule has 1 atom stereocenters. The third-order valence-corrected chi connectivity index (χ3v) is 7.63. The second-order valence-corrected chi connectivity index (χ2v) is 10.6. The number of hydrogen-bond donors (Lipinski definition) is 0. The molecular formula is C27H33FN4O3. The Bertz CT molecular complexity index is 1290. The van der Waals surface area contributed by atoms with Gasteiger partial charge in [-0.05, 0) is 30.9 Å². The molecule has 0 radical (unpaired) electrons. The van der Waals surface area contributed by atoms with Crippen molar-refractivity contribution in [2.45, 2.75) is 58.5 Å². The Morgan fingerprint density at radius 1 is 1.03 bits per heavy atom. The van der Waals surface area contributed by atoms with Crippen LogP contribution in [-0.4, -0.2) is 51.3 Å². The van der Waals surface area contributed by atoms with E-state index >= 15 is 0 Å². The maximum atomic E-state index is 14.0. The summed E-state index contributed by atoms with van der Waals surface area (Å²) in [5, 5.41) is 0. The van der Waals surface area contributed by atoms with E-state index in [0.29, 0.717) is 43.1 Å². The molecule has 0 aliphatic carbocycles. The van der Waals surface area contributed by atoms with Crippen molar-refractivity contribution in [3.8, 4) is 11.5 Å². The molecule has 7 nitrogen and oxygen atoms in total. The van der Waals surface area contributed by atoms with Gasteiger partial charge >= 0.3 is 0 Å². The van der Waals surface area contributed by atoms with E-state index < -0.39 is 5.82 Å². The van der Waals surface area contributed by atoms with Gasteiger partial charge in [0.25, 0.3) is 5.56 Å². The van der Waals surface area contributed by atoms with E-state index in [0.717, 1.165) is 43.7 Å². The maximum absolute atomic E-state index is 14.0. The standard InChI is InChI=1S/C27H33FN4O3/c1-26(2,3)27(16-20-15-23-24(18-29-20)35-13-12-34-23)8-4-5-9-31(27)10-11-32-22-14-19(28)17-30-21(22)6-7-25(32)33/h6-7,14-15,17-18H,4-5,8-13,16H2,1-3H3. The summed E-state index contributed by atoms with van der Waals surface area (Å²) in [7, 11) is 0. The first-order valence-electron chi connectivity index (χ1n) is 12.4. The van der Waals surface area contributed by atoms with Crippen LogP contribution < -0.4 is 15.0 Å². The van der Waals surface area contributed by atoms with Crippen molar-refractivity contribution >= 4 is 11.0 Å². The Kier molecular flexibility index (Phi) is 6.25. The summed E-state index contributed by atoms with van der Waals surface area (Å²) in [6.45, 7) is 10.0. The maximum Gasteiger partial charge on any atom is 0.251 e. The van der Waals surface area contributed by atoms with Crippen molar-refractivity contribution in [2.24, 2.45) is 5.41 Å². The van der Waals surface area contributed by atoms with Crippen LogP contribution in [-0.2, 0) is 13.0 Å². The number of halogens is 1. The Morgan fingerprint density at radius 3 is 2.63 bits per heavy atom. The van der Waals surface area contributed by atoms with E-state index in [2.05, 4.69) is 30.7 Å². The predicted octanol–water partition coefficient (Wildman–Crippen LogP) is 4.22. The lowest BCUT2D eigenvalue weighted by Crippen LogP contribution is -2.61. The molecule has 2 aliphatic heterocycles. The highest BCUT2D eigenvalue weighted by molar-refractivity contribution is 5.74. The molecule has 2 aliphatic rings. The number of rotatable bonds is 5. The summed E-state index contributed by atoms with van der Waals surface area (Å²) < 4.78 is 27.1. The first kappa shape index (κ1) is 23.7. The third-order valence-electron chi connectivity index (χ3n) is 7.63. The largest absolute Gasteiger partial charge is 0.486 e. The topological polar surface area (TPSA) is 69.5 Å². The Balaban J connectivity index is 1.47. The number of likely N-dealkylation sites (tertiary alicyclic amines) is 1. The lowest BCUT2D eigenvalue weighted by molar-refractivity contribution is -0.0410. The van der Waals surface area contributed by atoms with Crippen LogP contribution in [0.25, 0.3) is 11.0 Å². The molecule has 35 heavy (non-hydrogen) atoms. The predicted molar refractivity (Wildman–Crippen MR) is 133 cm³/mol. The van der Waals surface area contributed by atoms with Crippen LogP contribution in [0.1, 0.15) is 45.7 Å². The number of nitrogens with zero attached hydrogens (tertiary/aromatic N) is 4. The summed E-state index contributed by atoms with van der Waals surface area (Å²) in [5.41, 5.74) is 1.79. The zero-order chi connectivity index (χ0) is 24.6. The summed E-state index contributed by atoms with van der Waals surface area (Å²) in [4.78, 5) is 24.2. The van der Waals surface area contributed by atoms with Crippen molar-refractivity contribution in [1.82, 2.24) is 19.4 Å². The molecule has 5 heterocycles. The summed E-state index contributed by atoms with van der Waals surface area (Å²) in [6, 6.07) is 6.58. The SMILES string of the molecule is CC(C)(C)C1(Cc2cc3c(cn2)OCCO3)CCCCN1CCn1c(=O)ccc2ncc(F)cc21. The number of pyridine rings is 3. The number of fused-ring (bicyclic) bond motifs is 2. The fraction of sp³-hybridized carbons (Fsp3) is 0.519. The minimum Gasteiger partial charge on any atom is -0.486 e. The monoisotopic (exact) mass is 480 g/mol. The van der Waals surface area contributed by atoms with Crippen molar-refractivity contribution in [2.75, 3.05) is 26.3 Å². The van der Waals surface area contributed by atoms with Gasteiger partial charge in [0, 0.05) is 48.9 Å². The molecule has 0 bridgehead atoms. The molecule has 1 fully saturated rings. The van der Waals surface area contributed by atoms with Gasteiger partial charge in [0.05, 0.1) is 23.4 Å². The van der Waals surface area contributed by atoms with Gasteiger partial charge < -0.3 is 14.0 Å². The number of ether oxygens (including phenoxy) is 2. The Labute approximate surface area is 204 Å². The summed E-state index contributed by atoms with van der Waals surface area (Å²) >= 11 is 0. The Hall–Kier alpha value is -3.00. The quantitative estimate of drug-likeness (QED) is 0.545. The minimum atomic E-state index is -0.441. The van der Waals surface area contributed by atoms with Crippen molar-refractivity contribution < 1.29 is 13.9 Å². The lowest BCUT2D eigenvalue weighted by atomic mass is 9.65. The van der Waals surface area contributed by atoms with Gasteiger partial charge in [-0.2, -0.15) is 0 Å². The molecule has 0 N–H and O–H groups in total. The highest BCUT2D eigenvalue weighted by atomic mass is 19.1. The Morgan fingerprint density at radius 2 is 1.83 bits per heavy atom. The fourth-order valence-electron chi connectivity index (χ4n) is 5.71. The van der Waals surface area contributed by atoms with E-state index in [4.69, 9.17) is 14.5 Å². The smallest absolute Gasteiger partial charge is 0.251 e. The lowest BCUT2D eigenvalue weighted by Gasteiger charge is -2.55. The highest BCUT2D eigenvalue weighted by Crippen LogP contribution is 2.45. The fourth-order valence-corrected chi connectivity index (χ4v) is 5.71.